The summed E-state index contributed by atoms with van der Waals surface area (Å²) in [7, 11) is 0. The first-order valence-corrected chi connectivity index (χ1v) is 7.50. The molecule has 20 heavy (non-hydrogen) atoms. The van der Waals surface area contributed by atoms with E-state index in [9.17, 15) is 9.90 Å². The van der Waals surface area contributed by atoms with Gasteiger partial charge in [0.1, 0.15) is 0 Å². The summed E-state index contributed by atoms with van der Waals surface area (Å²) in [6, 6.07) is 4.83. The van der Waals surface area contributed by atoms with Crippen LogP contribution in [0, 0.1) is 0 Å². The molecule has 0 atom stereocenters. The number of nitrogens with zero attached hydrogens (tertiary/aromatic N) is 1. The van der Waals surface area contributed by atoms with Crippen LogP contribution in [0.25, 0.3) is 0 Å². The molecule has 1 aromatic heterocycles. The largest absolute Gasteiger partial charge is 0.478 e. The van der Waals surface area contributed by atoms with E-state index in [1.165, 1.54) is 6.07 Å². The van der Waals surface area contributed by atoms with Crippen molar-refractivity contribution in [3.05, 3.63) is 50.4 Å². The van der Waals surface area contributed by atoms with Gasteiger partial charge in [0.2, 0.25) is 0 Å². The van der Waals surface area contributed by atoms with Gasteiger partial charge in [-0.25, -0.2) is 9.78 Å². The predicted molar refractivity (Wildman–Crippen MR) is 82.0 cm³/mol. The van der Waals surface area contributed by atoms with Crippen molar-refractivity contribution in [1.82, 2.24) is 4.98 Å². The number of rotatable bonds is 3. The molecule has 2 rings (SSSR count). The summed E-state index contributed by atoms with van der Waals surface area (Å²) < 4.78 is 0. The highest BCUT2D eigenvalue weighted by Crippen LogP contribution is 2.26. The maximum Gasteiger partial charge on any atom is 0.335 e. The van der Waals surface area contributed by atoms with Gasteiger partial charge in [-0.05, 0) is 23.8 Å². The Morgan fingerprint density at radius 2 is 2.10 bits per heavy atom. The Morgan fingerprint density at radius 1 is 1.40 bits per heavy atom. The molecule has 0 fully saturated rings. The fourth-order valence-corrected chi connectivity index (χ4v) is 3.06. The molecule has 0 aliphatic heterocycles. The lowest BCUT2D eigenvalue weighted by atomic mass is 9.93. The van der Waals surface area contributed by atoms with Crippen LogP contribution >= 0.6 is 22.9 Å². The first kappa shape index (κ1) is 15.0. The van der Waals surface area contributed by atoms with E-state index in [1.807, 2.05) is 5.38 Å². The summed E-state index contributed by atoms with van der Waals surface area (Å²) in [5.41, 5.74) is 2.00. The smallest absolute Gasteiger partial charge is 0.335 e. The van der Waals surface area contributed by atoms with Crippen LogP contribution in [0.1, 0.15) is 47.4 Å². The summed E-state index contributed by atoms with van der Waals surface area (Å²) in [5, 5.41) is 12.7. The zero-order valence-electron chi connectivity index (χ0n) is 11.6. The standard InChI is InChI=1S/C15H16ClNO2S/c1-15(2,3)12-8-20-13(17-12)7-9-6-10(16)4-5-11(9)14(18)19/h4-6,8H,7H2,1-3H3,(H,18,19). The SMILES string of the molecule is CC(C)(C)c1csc(Cc2cc(Cl)ccc2C(=O)O)n1. The monoisotopic (exact) mass is 309 g/mol. The van der Waals surface area contributed by atoms with E-state index in [-0.39, 0.29) is 11.0 Å². The molecule has 0 spiro atoms. The molecule has 0 aliphatic carbocycles. The number of halogens is 1. The van der Waals surface area contributed by atoms with E-state index < -0.39 is 5.97 Å². The average molecular weight is 310 g/mol. The van der Waals surface area contributed by atoms with E-state index in [0.29, 0.717) is 17.0 Å². The molecule has 0 saturated carbocycles. The Hall–Kier alpha value is -1.39. The number of carboxylic acid groups (broad SMARTS) is 1. The third kappa shape index (κ3) is 3.38. The maximum atomic E-state index is 11.2. The first-order valence-electron chi connectivity index (χ1n) is 6.24. The van der Waals surface area contributed by atoms with Crippen LogP contribution in [0.5, 0.6) is 0 Å². The summed E-state index contributed by atoms with van der Waals surface area (Å²) in [6.07, 6.45) is 0.489. The Bertz CT molecular complexity index is 644. The van der Waals surface area contributed by atoms with Crippen molar-refractivity contribution < 1.29 is 9.90 Å². The maximum absolute atomic E-state index is 11.2. The third-order valence-corrected chi connectivity index (χ3v) is 4.04. The zero-order valence-corrected chi connectivity index (χ0v) is 13.2. The van der Waals surface area contributed by atoms with Crippen LogP contribution in [0.15, 0.2) is 23.6 Å². The molecule has 1 N–H and O–H groups in total. The van der Waals surface area contributed by atoms with Crippen molar-refractivity contribution in [2.45, 2.75) is 32.6 Å². The number of hydrogen-bond acceptors (Lipinski definition) is 3. The van der Waals surface area contributed by atoms with E-state index in [2.05, 4.69) is 25.8 Å². The Morgan fingerprint density at radius 3 is 2.65 bits per heavy atom. The van der Waals surface area contributed by atoms with Crippen molar-refractivity contribution in [2.24, 2.45) is 0 Å². The first-order chi connectivity index (χ1) is 9.27. The van der Waals surface area contributed by atoms with Crippen molar-refractivity contribution in [2.75, 3.05) is 0 Å². The molecule has 0 saturated heterocycles. The van der Waals surface area contributed by atoms with Gasteiger partial charge in [-0.2, -0.15) is 0 Å². The lowest BCUT2D eigenvalue weighted by Gasteiger charge is -2.14. The molecule has 0 radical (unpaired) electrons. The van der Waals surface area contributed by atoms with Gasteiger partial charge in [-0.3, -0.25) is 0 Å². The lowest BCUT2D eigenvalue weighted by molar-refractivity contribution is 0.0696. The van der Waals surface area contributed by atoms with Gasteiger partial charge in [0.15, 0.2) is 0 Å². The van der Waals surface area contributed by atoms with Crippen molar-refractivity contribution >= 4 is 28.9 Å². The van der Waals surface area contributed by atoms with Gasteiger partial charge in [-0.1, -0.05) is 32.4 Å². The zero-order chi connectivity index (χ0) is 14.9. The Labute approximate surface area is 127 Å². The van der Waals surface area contributed by atoms with Gasteiger partial charge < -0.3 is 5.11 Å². The number of carboxylic acids is 1. The summed E-state index contributed by atoms with van der Waals surface area (Å²) in [4.78, 5) is 15.8. The van der Waals surface area contributed by atoms with Crippen molar-refractivity contribution in [3.8, 4) is 0 Å². The minimum Gasteiger partial charge on any atom is -0.478 e. The highest BCUT2D eigenvalue weighted by Gasteiger charge is 2.18. The van der Waals surface area contributed by atoms with Gasteiger partial charge in [0.25, 0.3) is 0 Å². The highest BCUT2D eigenvalue weighted by molar-refractivity contribution is 7.09. The fourth-order valence-electron chi connectivity index (χ4n) is 1.82. The van der Waals surface area contributed by atoms with Crippen LogP contribution in [-0.2, 0) is 11.8 Å². The molecule has 1 aromatic carbocycles. The number of benzene rings is 1. The molecule has 106 valence electrons. The van der Waals surface area contributed by atoms with Crippen molar-refractivity contribution in [1.29, 1.82) is 0 Å². The van der Waals surface area contributed by atoms with Crippen LogP contribution in [-0.4, -0.2) is 16.1 Å². The number of aromatic carboxylic acids is 1. The fraction of sp³-hybridized carbons (Fsp3) is 0.333. The molecule has 0 bridgehead atoms. The van der Waals surface area contributed by atoms with Gasteiger partial charge in [0.05, 0.1) is 16.3 Å². The van der Waals surface area contributed by atoms with E-state index in [1.54, 1.807) is 23.5 Å². The molecule has 0 amide bonds. The minimum absolute atomic E-state index is 0.00128. The molecule has 3 nitrogen and oxygen atoms in total. The van der Waals surface area contributed by atoms with Crippen LogP contribution in [0.3, 0.4) is 0 Å². The van der Waals surface area contributed by atoms with Crippen LogP contribution in [0.4, 0.5) is 0 Å². The van der Waals surface area contributed by atoms with E-state index in [4.69, 9.17) is 11.6 Å². The molecule has 1 heterocycles. The summed E-state index contributed by atoms with van der Waals surface area (Å²) >= 11 is 7.51. The molecule has 2 aromatic rings. The van der Waals surface area contributed by atoms with E-state index >= 15 is 0 Å². The Kier molecular flexibility index (Phi) is 4.16. The lowest BCUT2D eigenvalue weighted by Crippen LogP contribution is -2.11. The second kappa shape index (κ2) is 5.54. The molecule has 5 heteroatoms. The van der Waals surface area contributed by atoms with Gasteiger partial charge in [0, 0.05) is 22.2 Å². The topological polar surface area (TPSA) is 50.2 Å². The van der Waals surface area contributed by atoms with Gasteiger partial charge >= 0.3 is 5.97 Å². The minimum atomic E-state index is -0.940. The summed E-state index contributed by atoms with van der Waals surface area (Å²) in [5.74, 6) is -0.940. The normalized spacial score (nSPS) is 11.6. The number of thiazole rings is 1. The quantitative estimate of drug-likeness (QED) is 0.915. The van der Waals surface area contributed by atoms with Crippen LogP contribution in [0.2, 0.25) is 5.02 Å². The predicted octanol–water partition coefficient (Wildman–Crippen LogP) is 4.38. The summed E-state index contributed by atoms with van der Waals surface area (Å²) in [6.45, 7) is 6.32. The van der Waals surface area contributed by atoms with Crippen molar-refractivity contribution in [3.63, 3.8) is 0 Å². The van der Waals surface area contributed by atoms with Crippen LogP contribution < -0.4 is 0 Å². The second-order valence-electron chi connectivity index (χ2n) is 5.66. The number of carbonyl (C=O) groups is 1. The average Bonchev–Trinajstić information content (AvgIpc) is 2.76. The molecule has 0 aliphatic rings. The van der Waals surface area contributed by atoms with Gasteiger partial charge in [-0.15, -0.1) is 11.3 Å². The molecular weight excluding hydrogens is 294 g/mol. The third-order valence-electron chi connectivity index (χ3n) is 2.96. The Balaban J connectivity index is 2.32. The highest BCUT2D eigenvalue weighted by atomic mass is 35.5. The molecule has 0 unspecified atom stereocenters. The van der Waals surface area contributed by atoms with E-state index in [0.717, 1.165) is 10.7 Å². The number of aromatic nitrogens is 1. The molecular formula is C15H16ClNO2S. The number of hydrogen-bond donors (Lipinski definition) is 1. The second-order valence-corrected chi connectivity index (χ2v) is 7.04.